The summed E-state index contributed by atoms with van der Waals surface area (Å²) in [5.74, 6) is -1.11. The van der Waals surface area contributed by atoms with Crippen LogP contribution in [-0.4, -0.2) is 10.9 Å². The molecule has 0 saturated carbocycles. The summed E-state index contributed by atoms with van der Waals surface area (Å²) >= 11 is 11.5. The van der Waals surface area contributed by atoms with E-state index in [4.69, 9.17) is 23.2 Å². The highest BCUT2D eigenvalue weighted by atomic mass is 35.5. The summed E-state index contributed by atoms with van der Waals surface area (Å²) in [7, 11) is 0. The minimum Gasteiger partial charge on any atom is -0.318 e. The smallest absolute Gasteiger partial charge is 0.255 e. The Bertz CT molecular complexity index is 584. The second-order valence-corrected chi connectivity index (χ2v) is 4.21. The molecule has 1 N–H and O–H groups in total. The van der Waals surface area contributed by atoms with Gasteiger partial charge >= 0.3 is 0 Å². The number of para-hydroxylation sites is 1. The summed E-state index contributed by atoms with van der Waals surface area (Å²) in [5.41, 5.74) is 0.214. The molecule has 0 aliphatic heterocycles. The molecule has 3 nitrogen and oxygen atoms in total. The number of benzene rings is 1. The monoisotopic (exact) mass is 284 g/mol. The van der Waals surface area contributed by atoms with Gasteiger partial charge in [-0.05, 0) is 24.3 Å². The van der Waals surface area contributed by atoms with Crippen LogP contribution in [0.3, 0.4) is 0 Å². The van der Waals surface area contributed by atoms with Crippen LogP contribution in [0.15, 0.2) is 36.5 Å². The molecule has 18 heavy (non-hydrogen) atoms. The first kappa shape index (κ1) is 12.8. The first-order chi connectivity index (χ1) is 8.58. The largest absolute Gasteiger partial charge is 0.318 e. The maximum Gasteiger partial charge on any atom is 0.255 e. The highest BCUT2D eigenvalue weighted by Crippen LogP contribution is 2.25. The number of pyridine rings is 1. The van der Waals surface area contributed by atoms with Gasteiger partial charge in [0.05, 0.1) is 10.7 Å². The van der Waals surface area contributed by atoms with Gasteiger partial charge in [0.25, 0.3) is 5.91 Å². The van der Waals surface area contributed by atoms with E-state index in [1.807, 2.05) is 0 Å². The molecular formula is C12H7Cl2FN2O. The molecule has 6 heteroatoms. The van der Waals surface area contributed by atoms with Gasteiger partial charge in [-0.25, -0.2) is 9.37 Å². The molecule has 92 valence electrons. The SMILES string of the molecule is O=C(Nc1c(F)cccc1Cl)c1ccnc(Cl)c1. The van der Waals surface area contributed by atoms with Crippen LogP contribution in [0.1, 0.15) is 10.4 Å². The molecule has 1 aromatic carbocycles. The van der Waals surface area contributed by atoms with Gasteiger partial charge in [0.15, 0.2) is 0 Å². The molecule has 0 aliphatic rings. The van der Waals surface area contributed by atoms with Crippen LogP contribution in [0.4, 0.5) is 10.1 Å². The molecule has 0 spiro atoms. The third-order valence-corrected chi connectivity index (χ3v) is 2.71. The number of rotatable bonds is 2. The lowest BCUT2D eigenvalue weighted by Gasteiger charge is -2.08. The fraction of sp³-hybridized carbons (Fsp3) is 0. The summed E-state index contributed by atoms with van der Waals surface area (Å²) in [4.78, 5) is 15.6. The summed E-state index contributed by atoms with van der Waals surface area (Å²) in [6.45, 7) is 0. The molecule has 0 unspecified atom stereocenters. The van der Waals surface area contributed by atoms with E-state index in [0.29, 0.717) is 0 Å². The first-order valence-electron chi connectivity index (χ1n) is 4.95. The Morgan fingerprint density at radius 2 is 2.06 bits per heavy atom. The van der Waals surface area contributed by atoms with Gasteiger partial charge in [0.2, 0.25) is 0 Å². The fourth-order valence-corrected chi connectivity index (χ4v) is 1.73. The molecule has 0 radical (unpaired) electrons. The number of hydrogen-bond donors (Lipinski definition) is 1. The standard InChI is InChI=1S/C12H7Cl2FN2O/c13-8-2-1-3-9(15)11(8)17-12(18)7-4-5-16-10(14)6-7/h1-6H,(H,17,18). The highest BCUT2D eigenvalue weighted by Gasteiger charge is 2.12. The third kappa shape index (κ3) is 2.78. The average molecular weight is 285 g/mol. The van der Waals surface area contributed by atoms with Gasteiger partial charge in [-0.2, -0.15) is 0 Å². The molecule has 2 aromatic rings. The van der Waals surface area contributed by atoms with Gasteiger partial charge in [0, 0.05) is 11.8 Å². The fourth-order valence-electron chi connectivity index (χ4n) is 1.35. The number of carbonyl (C=O) groups excluding carboxylic acids is 1. The Kier molecular flexibility index (Phi) is 3.79. The van der Waals surface area contributed by atoms with Crippen LogP contribution >= 0.6 is 23.2 Å². The Morgan fingerprint density at radius 1 is 1.28 bits per heavy atom. The Balaban J connectivity index is 2.27. The van der Waals surface area contributed by atoms with Gasteiger partial charge in [0.1, 0.15) is 11.0 Å². The van der Waals surface area contributed by atoms with E-state index in [0.717, 1.165) is 0 Å². The molecule has 0 aliphatic carbocycles. The van der Waals surface area contributed by atoms with Crippen molar-refractivity contribution < 1.29 is 9.18 Å². The minimum absolute atomic E-state index is 0.0582. The molecule has 2 rings (SSSR count). The molecule has 1 heterocycles. The van der Waals surface area contributed by atoms with Gasteiger partial charge in [-0.3, -0.25) is 4.79 Å². The number of halogens is 3. The lowest BCUT2D eigenvalue weighted by molar-refractivity contribution is 0.102. The zero-order chi connectivity index (χ0) is 13.1. The number of anilines is 1. The number of nitrogens with zero attached hydrogens (tertiary/aromatic N) is 1. The van der Waals surface area contributed by atoms with E-state index >= 15 is 0 Å². The molecule has 0 saturated heterocycles. The summed E-state index contributed by atoms with van der Waals surface area (Å²) in [5, 5.41) is 2.70. The Labute approximate surface area is 113 Å². The van der Waals surface area contributed by atoms with Crippen molar-refractivity contribution in [3.05, 3.63) is 58.1 Å². The van der Waals surface area contributed by atoms with Gasteiger partial charge < -0.3 is 5.32 Å². The van der Waals surface area contributed by atoms with E-state index in [1.165, 1.54) is 36.5 Å². The van der Waals surface area contributed by atoms with Crippen molar-refractivity contribution in [1.29, 1.82) is 0 Å². The van der Waals surface area contributed by atoms with E-state index in [2.05, 4.69) is 10.3 Å². The van der Waals surface area contributed by atoms with E-state index < -0.39 is 11.7 Å². The van der Waals surface area contributed by atoms with Crippen LogP contribution < -0.4 is 5.32 Å². The van der Waals surface area contributed by atoms with Crippen LogP contribution in [0.25, 0.3) is 0 Å². The second kappa shape index (κ2) is 5.33. The molecule has 0 atom stereocenters. The summed E-state index contributed by atoms with van der Waals surface area (Å²) < 4.78 is 13.5. The van der Waals surface area contributed by atoms with Crippen molar-refractivity contribution in [3.8, 4) is 0 Å². The lowest BCUT2D eigenvalue weighted by atomic mass is 10.2. The topological polar surface area (TPSA) is 42.0 Å². The lowest BCUT2D eigenvalue weighted by Crippen LogP contribution is -2.13. The number of amides is 1. The van der Waals surface area contributed by atoms with E-state index in [9.17, 15) is 9.18 Å². The number of nitrogens with one attached hydrogen (secondary N) is 1. The van der Waals surface area contributed by atoms with Crippen molar-refractivity contribution in [2.75, 3.05) is 5.32 Å². The van der Waals surface area contributed by atoms with Crippen molar-refractivity contribution in [3.63, 3.8) is 0 Å². The van der Waals surface area contributed by atoms with Crippen LogP contribution in [0.2, 0.25) is 10.2 Å². The van der Waals surface area contributed by atoms with Crippen LogP contribution in [-0.2, 0) is 0 Å². The zero-order valence-electron chi connectivity index (χ0n) is 8.95. The molecule has 0 bridgehead atoms. The van der Waals surface area contributed by atoms with Crippen LogP contribution in [0, 0.1) is 5.82 Å². The summed E-state index contributed by atoms with van der Waals surface area (Å²) in [6, 6.07) is 7.00. The minimum atomic E-state index is -0.601. The predicted octanol–water partition coefficient (Wildman–Crippen LogP) is 3.78. The molecular weight excluding hydrogens is 278 g/mol. The predicted molar refractivity (Wildman–Crippen MR) is 68.6 cm³/mol. The van der Waals surface area contributed by atoms with E-state index in [-0.39, 0.29) is 21.4 Å². The van der Waals surface area contributed by atoms with Gasteiger partial charge in [-0.15, -0.1) is 0 Å². The van der Waals surface area contributed by atoms with E-state index in [1.54, 1.807) is 0 Å². The van der Waals surface area contributed by atoms with Crippen LogP contribution in [0.5, 0.6) is 0 Å². The Hall–Kier alpha value is -1.65. The van der Waals surface area contributed by atoms with Crippen molar-refractivity contribution in [2.24, 2.45) is 0 Å². The Morgan fingerprint density at radius 3 is 2.72 bits per heavy atom. The zero-order valence-corrected chi connectivity index (χ0v) is 10.5. The first-order valence-corrected chi connectivity index (χ1v) is 5.70. The average Bonchev–Trinajstić information content (AvgIpc) is 2.34. The normalized spacial score (nSPS) is 10.2. The third-order valence-electron chi connectivity index (χ3n) is 2.19. The van der Waals surface area contributed by atoms with Gasteiger partial charge in [-0.1, -0.05) is 29.3 Å². The van der Waals surface area contributed by atoms with Crippen molar-refractivity contribution in [1.82, 2.24) is 4.98 Å². The number of carbonyl (C=O) groups is 1. The maximum absolute atomic E-state index is 13.5. The molecule has 0 fully saturated rings. The summed E-state index contributed by atoms with van der Waals surface area (Å²) in [6.07, 6.45) is 1.39. The quantitative estimate of drug-likeness (QED) is 0.853. The molecule has 1 amide bonds. The number of hydrogen-bond acceptors (Lipinski definition) is 2. The molecule has 1 aromatic heterocycles. The highest BCUT2D eigenvalue weighted by molar-refractivity contribution is 6.34. The van der Waals surface area contributed by atoms with Crippen molar-refractivity contribution >= 4 is 34.8 Å². The van der Waals surface area contributed by atoms with Crippen molar-refractivity contribution in [2.45, 2.75) is 0 Å². The maximum atomic E-state index is 13.5. The second-order valence-electron chi connectivity index (χ2n) is 3.42. The number of aromatic nitrogens is 1.